The van der Waals surface area contributed by atoms with E-state index in [2.05, 4.69) is 5.32 Å². The SMILES string of the molecule is FCCNc1ccc(Oc2ccccc2)cc1. The largest absolute Gasteiger partial charge is 0.457 e. The number of alkyl halides is 1. The monoisotopic (exact) mass is 231 g/mol. The van der Waals surface area contributed by atoms with Crippen molar-refractivity contribution in [1.29, 1.82) is 0 Å². The van der Waals surface area contributed by atoms with E-state index in [4.69, 9.17) is 4.74 Å². The predicted octanol–water partition coefficient (Wildman–Crippen LogP) is 3.86. The van der Waals surface area contributed by atoms with Crippen LogP contribution in [0.5, 0.6) is 11.5 Å². The van der Waals surface area contributed by atoms with Crippen molar-refractivity contribution in [2.24, 2.45) is 0 Å². The highest BCUT2D eigenvalue weighted by Crippen LogP contribution is 2.22. The second-order valence-electron chi connectivity index (χ2n) is 3.56. The Morgan fingerprint density at radius 3 is 2.18 bits per heavy atom. The fraction of sp³-hybridized carbons (Fsp3) is 0.143. The van der Waals surface area contributed by atoms with E-state index in [0.29, 0.717) is 6.54 Å². The second-order valence-corrected chi connectivity index (χ2v) is 3.56. The number of ether oxygens (including phenoxy) is 1. The van der Waals surface area contributed by atoms with Gasteiger partial charge in [0.1, 0.15) is 18.2 Å². The molecule has 0 saturated carbocycles. The fourth-order valence-corrected chi connectivity index (χ4v) is 1.46. The standard InChI is InChI=1S/C14H14FNO/c15-10-11-16-12-6-8-14(9-7-12)17-13-4-2-1-3-5-13/h1-9,16H,10-11H2. The predicted molar refractivity (Wildman–Crippen MR) is 67.4 cm³/mol. The number of nitrogens with one attached hydrogen (secondary N) is 1. The van der Waals surface area contributed by atoms with Crippen molar-refractivity contribution in [1.82, 2.24) is 0 Å². The van der Waals surface area contributed by atoms with E-state index in [9.17, 15) is 4.39 Å². The van der Waals surface area contributed by atoms with Crippen molar-refractivity contribution >= 4 is 5.69 Å². The van der Waals surface area contributed by atoms with E-state index in [1.165, 1.54) is 0 Å². The first-order chi connectivity index (χ1) is 8.38. The van der Waals surface area contributed by atoms with Gasteiger partial charge in [0.15, 0.2) is 0 Å². The Morgan fingerprint density at radius 1 is 0.882 bits per heavy atom. The van der Waals surface area contributed by atoms with E-state index >= 15 is 0 Å². The van der Waals surface area contributed by atoms with Crippen LogP contribution in [0.15, 0.2) is 54.6 Å². The topological polar surface area (TPSA) is 21.3 Å². The molecular formula is C14H14FNO. The van der Waals surface area contributed by atoms with Crippen molar-refractivity contribution in [2.75, 3.05) is 18.5 Å². The summed E-state index contributed by atoms with van der Waals surface area (Å²) < 4.78 is 17.6. The minimum absolute atomic E-state index is 0.332. The molecule has 0 unspecified atom stereocenters. The van der Waals surface area contributed by atoms with Crippen LogP contribution >= 0.6 is 0 Å². The molecule has 0 radical (unpaired) electrons. The Hall–Kier alpha value is -2.03. The maximum atomic E-state index is 12.0. The van der Waals surface area contributed by atoms with Gasteiger partial charge in [-0.2, -0.15) is 0 Å². The van der Waals surface area contributed by atoms with E-state index in [1.807, 2.05) is 54.6 Å². The van der Waals surface area contributed by atoms with Crippen LogP contribution in [0.25, 0.3) is 0 Å². The number of halogens is 1. The summed E-state index contributed by atoms with van der Waals surface area (Å²) in [5, 5.41) is 2.95. The molecule has 0 amide bonds. The molecule has 17 heavy (non-hydrogen) atoms. The molecule has 2 aromatic rings. The van der Waals surface area contributed by atoms with Crippen LogP contribution in [0.2, 0.25) is 0 Å². The molecular weight excluding hydrogens is 217 g/mol. The summed E-state index contributed by atoms with van der Waals surface area (Å²) in [7, 11) is 0. The lowest BCUT2D eigenvalue weighted by atomic mass is 10.3. The van der Waals surface area contributed by atoms with Gasteiger partial charge in [-0.1, -0.05) is 18.2 Å². The third kappa shape index (κ3) is 3.48. The van der Waals surface area contributed by atoms with Gasteiger partial charge in [-0.3, -0.25) is 0 Å². The number of para-hydroxylation sites is 1. The van der Waals surface area contributed by atoms with Crippen molar-refractivity contribution in [2.45, 2.75) is 0 Å². The summed E-state index contributed by atoms with van der Waals surface area (Å²) >= 11 is 0. The zero-order valence-electron chi connectivity index (χ0n) is 9.40. The van der Waals surface area contributed by atoms with Crippen molar-refractivity contribution in [3.8, 4) is 11.5 Å². The van der Waals surface area contributed by atoms with Crippen LogP contribution < -0.4 is 10.1 Å². The van der Waals surface area contributed by atoms with Gasteiger partial charge < -0.3 is 10.1 Å². The molecule has 0 aromatic heterocycles. The smallest absolute Gasteiger partial charge is 0.127 e. The molecule has 2 nitrogen and oxygen atoms in total. The van der Waals surface area contributed by atoms with Crippen molar-refractivity contribution < 1.29 is 9.13 Å². The maximum absolute atomic E-state index is 12.0. The average molecular weight is 231 g/mol. The lowest BCUT2D eigenvalue weighted by Crippen LogP contribution is -2.02. The summed E-state index contributed by atoms with van der Waals surface area (Å²) in [5.41, 5.74) is 0.892. The number of benzene rings is 2. The van der Waals surface area contributed by atoms with Crippen LogP contribution in [0.4, 0.5) is 10.1 Å². The number of hydrogen-bond acceptors (Lipinski definition) is 2. The number of anilines is 1. The third-order valence-electron chi connectivity index (χ3n) is 2.26. The summed E-state index contributed by atoms with van der Waals surface area (Å²) in [6.45, 7) is -0.0405. The van der Waals surface area contributed by atoms with Crippen molar-refractivity contribution in [3.63, 3.8) is 0 Å². The van der Waals surface area contributed by atoms with Crippen LogP contribution in [0, 0.1) is 0 Å². The summed E-state index contributed by atoms with van der Waals surface area (Å²) in [6, 6.07) is 17.0. The quantitative estimate of drug-likeness (QED) is 0.843. The zero-order chi connectivity index (χ0) is 11.9. The maximum Gasteiger partial charge on any atom is 0.127 e. The van der Waals surface area contributed by atoms with Crippen LogP contribution in [0.3, 0.4) is 0 Å². The van der Waals surface area contributed by atoms with Gasteiger partial charge in [0.05, 0.1) is 0 Å². The number of hydrogen-bond donors (Lipinski definition) is 1. The Balaban J connectivity index is 1.98. The highest BCUT2D eigenvalue weighted by molar-refractivity contribution is 5.47. The molecule has 0 heterocycles. The molecule has 0 saturated heterocycles. The third-order valence-corrected chi connectivity index (χ3v) is 2.26. The summed E-state index contributed by atoms with van der Waals surface area (Å²) in [4.78, 5) is 0. The van der Waals surface area contributed by atoms with Gasteiger partial charge in [0, 0.05) is 12.2 Å². The van der Waals surface area contributed by atoms with E-state index in [0.717, 1.165) is 17.2 Å². The molecule has 0 fully saturated rings. The van der Waals surface area contributed by atoms with E-state index in [1.54, 1.807) is 0 Å². The molecule has 0 aliphatic rings. The molecule has 3 heteroatoms. The summed E-state index contributed by atoms with van der Waals surface area (Å²) in [5.74, 6) is 1.57. The van der Waals surface area contributed by atoms with E-state index in [-0.39, 0.29) is 6.67 Å². The Kier molecular flexibility index (Phi) is 3.97. The molecule has 0 aliphatic heterocycles. The Labute approximate surface area is 100 Å². The van der Waals surface area contributed by atoms with E-state index < -0.39 is 0 Å². The summed E-state index contributed by atoms with van der Waals surface area (Å²) in [6.07, 6.45) is 0. The van der Waals surface area contributed by atoms with Crippen LogP contribution in [-0.2, 0) is 0 Å². The van der Waals surface area contributed by atoms with Gasteiger partial charge in [0.25, 0.3) is 0 Å². The zero-order valence-corrected chi connectivity index (χ0v) is 9.40. The average Bonchev–Trinajstić information content (AvgIpc) is 2.39. The molecule has 0 bridgehead atoms. The minimum Gasteiger partial charge on any atom is -0.457 e. The Bertz CT molecular complexity index is 442. The first-order valence-corrected chi connectivity index (χ1v) is 5.51. The number of rotatable bonds is 5. The first kappa shape index (κ1) is 11.5. The molecule has 2 aromatic carbocycles. The second kappa shape index (κ2) is 5.89. The first-order valence-electron chi connectivity index (χ1n) is 5.51. The van der Waals surface area contributed by atoms with Gasteiger partial charge >= 0.3 is 0 Å². The lowest BCUT2D eigenvalue weighted by Gasteiger charge is -2.07. The highest BCUT2D eigenvalue weighted by atomic mass is 19.1. The Morgan fingerprint density at radius 2 is 1.53 bits per heavy atom. The molecule has 2 rings (SSSR count). The van der Waals surface area contributed by atoms with Gasteiger partial charge in [-0.25, -0.2) is 4.39 Å². The molecule has 0 spiro atoms. The van der Waals surface area contributed by atoms with Crippen LogP contribution in [0.1, 0.15) is 0 Å². The van der Waals surface area contributed by atoms with Gasteiger partial charge in [-0.05, 0) is 36.4 Å². The fourth-order valence-electron chi connectivity index (χ4n) is 1.46. The highest BCUT2D eigenvalue weighted by Gasteiger charge is 1.96. The molecule has 1 N–H and O–H groups in total. The van der Waals surface area contributed by atoms with Gasteiger partial charge in [-0.15, -0.1) is 0 Å². The molecule has 0 atom stereocenters. The van der Waals surface area contributed by atoms with Gasteiger partial charge in [0.2, 0.25) is 0 Å². The molecule has 88 valence electrons. The minimum atomic E-state index is -0.373. The normalized spacial score (nSPS) is 9.94. The van der Waals surface area contributed by atoms with Crippen molar-refractivity contribution in [3.05, 3.63) is 54.6 Å². The van der Waals surface area contributed by atoms with Crippen LogP contribution in [-0.4, -0.2) is 13.2 Å². The molecule has 0 aliphatic carbocycles. The lowest BCUT2D eigenvalue weighted by molar-refractivity contribution is 0.482.